The fourth-order valence-corrected chi connectivity index (χ4v) is 1.47. The number of hydrogen-bond donors (Lipinski definition) is 1. The molecule has 1 amide bonds. The molecule has 114 valence electrons. The van der Waals surface area contributed by atoms with Crippen LogP contribution in [0.2, 0.25) is 0 Å². The average molecular weight is 283 g/mol. The molecular formula is C14H25N3O3. The van der Waals surface area contributed by atoms with Crippen LogP contribution in [0.1, 0.15) is 34.1 Å². The molecule has 0 fully saturated rings. The van der Waals surface area contributed by atoms with Crippen molar-refractivity contribution in [2.24, 2.45) is 5.92 Å². The molecule has 0 heterocycles. The Balaban J connectivity index is 4.21. The molecular weight excluding hydrogens is 258 g/mol. The van der Waals surface area contributed by atoms with E-state index in [-0.39, 0.29) is 30.8 Å². The molecule has 0 rings (SSSR count). The number of esters is 1. The summed E-state index contributed by atoms with van der Waals surface area (Å²) in [5.74, 6) is -0.487. The largest absolute Gasteiger partial charge is 0.466 e. The second-order valence-corrected chi connectivity index (χ2v) is 5.31. The molecule has 0 aromatic rings. The average Bonchev–Trinajstić information content (AvgIpc) is 2.36. The van der Waals surface area contributed by atoms with E-state index in [2.05, 4.69) is 11.4 Å². The number of rotatable bonds is 8. The smallest absolute Gasteiger partial charge is 0.307 e. The molecule has 20 heavy (non-hydrogen) atoms. The molecule has 0 aliphatic carbocycles. The molecule has 1 unspecified atom stereocenters. The van der Waals surface area contributed by atoms with Gasteiger partial charge in [-0.2, -0.15) is 5.26 Å². The van der Waals surface area contributed by atoms with Gasteiger partial charge >= 0.3 is 5.97 Å². The SMILES string of the molecule is CCOC(=O)CCN(C)CC(=O)NC(C)(C#N)C(C)C. The molecule has 0 radical (unpaired) electrons. The Morgan fingerprint density at radius 3 is 2.50 bits per heavy atom. The van der Waals surface area contributed by atoms with Crippen LogP contribution in [0, 0.1) is 17.2 Å². The number of nitrogens with zero attached hydrogens (tertiary/aromatic N) is 2. The third kappa shape index (κ3) is 6.53. The maximum Gasteiger partial charge on any atom is 0.307 e. The summed E-state index contributed by atoms with van der Waals surface area (Å²) in [4.78, 5) is 24.8. The molecule has 1 N–H and O–H groups in total. The first-order valence-corrected chi connectivity index (χ1v) is 6.81. The van der Waals surface area contributed by atoms with E-state index < -0.39 is 5.54 Å². The van der Waals surface area contributed by atoms with E-state index in [1.807, 2.05) is 13.8 Å². The number of carbonyl (C=O) groups is 2. The first-order valence-electron chi connectivity index (χ1n) is 6.81. The maximum atomic E-state index is 11.9. The van der Waals surface area contributed by atoms with Crippen molar-refractivity contribution < 1.29 is 14.3 Å². The lowest BCUT2D eigenvalue weighted by Gasteiger charge is -2.28. The molecule has 0 aromatic heterocycles. The van der Waals surface area contributed by atoms with Gasteiger partial charge in [0.1, 0.15) is 5.54 Å². The number of carbonyl (C=O) groups excluding carboxylic acids is 2. The Hall–Kier alpha value is -1.61. The van der Waals surface area contributed by atoms with Crippen LogP contribution >= 0.6 is 0 Å². The Bertz CT molecular complexity index is 376. The van der Waals surface area contributed by atoms with Crippen molar-refractivity contribution in [2.45, 2.75) is 39.7 Å². The van der Waals surface area contributed by atoms with Crippen LogP contribution in [-0.2, 0) is 14.3 Å². The van der Waals surface area contributed by atoms with Gasteiger partial charge in [0.25, 0.3) is 0 Å². The summed E-state index contributed by atoms with van der Waals surface area (Å²) in [5, 5.41) is 11.9. The van der Waals surface area contributed by atoms with Crippen molar-refractivity contribution in [1.29, 1.82) is 5.26 Å². The predicted molar refractivity (Wildman–Crippen MR) is 75.7 cm³/mol. The van der Waals surface area contributed by atoms with Crippen LogP contribution in [0.25, 0.3) is 0 Å². The zero-order chi connectivity index (χ0) is 15.8. The number of likely N-dealkylation sites (N-methyl/N-ethyl adjacent to an activating group) is 1. The van der Waals surface area contributed by atoms with Crippen LogP contribution in [0.5, 0.6) is 0 Å². The number of nitriles is 1. The molecule has 0 aliphatic heterocycles. The topological polar surface area (TPSA) is 82.4 Å². The number of nitrogens with one attached hydrogen (secondary N) is 1. The van der Waals surface area contributed by atoms with Crippen LogP contribution in [-0.4, -0.2) is 49.1 Å². The van der Waals surface area contributed by atoms with Crippen molar-refractivity contribution in [1.82, 2.24) is 10.2 Å². The highest BCUT2D eigenvalue weighted by Gasteiger charge is 2.30. The quantitative estimate of drug-likeness (QED) is 0.670. The van der Waals surface area contributed by atoms with Crippen LogP contribution < -0.4 is 5.32 Å². The third-order valence-corrected chi connectivity index (χ3v) is 3.20. The van der Waals surface area contributed by atoms with Crippen molar-refractivity contribution in [2.75, 3.05) is 26.7 Å². The van der Waals surface area contributed by atoms with Gasteiger partial charge in [0.05, 0.1) is 25.6 Å². The molecule has 0 spiro atoms. The van der Waals surface area contributed by atoms with Gasteiger partial charge in [-0.1, -0.05) is 13.8 Å². The van der Waals surface area contributed by atoms with E-state index in [1.54, 1.807) is 25.8 Å². The monoisotopic (exact) mass is 283 g/mol. The summed E-state index contributed by atoms with van der Waals surface area (Å²) in [6, 6.07) is 2.12. The van der Waals surface area contributed by atoms with Crippen molar-refractivity contribution in [3.8, 4) is 6.07 Å². The second kappa shape index (κ2) is 8.54. The Labute approximate surface area is 121 Å². The van der Waals surface area contributed by atoms with Gasteiger partial charge in [-0.05, 0) is 26.8 Å². The summed E-state index contributed by atoms with van der Waals surface area (Å²) in [5.41, 5.74) is -0.876. The maximum absolute atomic E-state index is 11.9. The first-order chi connectivity index (χ1) is 9.25. The first kappa shape index (κ1) is 18.4. The third-order valence-electron chi connectivity index (χ3n) is 3.20. The molecule has 0 aliphatic rings. The summed E-state index contributed by atoms with van der Waals surface area (Å²) < 4.78 is 4.82. The fourth-order valence-electron chi connectivity index (χ4n) is 1.47. The predicted octanol–water partition coefficient (Wildman–Crippen LogP) is 0.926. The van der Waals surface area contributed by atoms with Crippen LogP contribution in [0.3, 0.4) is 0 Å². The Morgan fingerprint density at radius 2 is 2.05 bits per heavy atom. The molecule has 6 heteroatoms. The number of ether oxygens (including phenoxy) is 1. The number of amides is 1. The normalized spacial score (nSPS) is 13.7. The van der Waals surface area contributed by atoms with Crippen molar-refractivity contribution in [3.63, 3.8) is 0 Å². The number of hydrogen-bond acceptors (Lipinski definition) is 5. The van der Waals surface area contributed by atoms with Gasteiger partial charge in [-0.25, -0.2) is 0 Å². The summed E-state index contributed by atoms with van der Waals surface area (Å²) in [6.07, 6.45) is 0.247. The summed E-state index contributed by atoms with van der Waals surface area (Å²) in [6.45, 7) is 8.17. The molecule has 1 atom stereocenters. The van der Waals surface area contributed by atoms with Gasteiger partial charge < -0.3 is 10.1 Å². The zero-order valence-electron chi connectivity index (χ0n) is 13.0. The van der Waals surface area contributed by atoms with Gasteiger partial charge in [0.15, 0.2) is 0 Å². The highest BCUT2D eigenvalue weighted by atomic mass is 16.5. The lowest BCUT2D eigenvalue weighted by atomic mass is 9.90. The van der Waals surface area contributed by atoms with Gasteiger partial charge in [-0.3, -0.25) is 14.5 Å². The minimum Gasteiger partial charge on any atom is -0.466 e. The van der Waals surface area contributed by atoms with Gasteiger partial charge in [0, 0.05) is 6.54 Å². The molecule has 0 saturated carbocycles. The standard InChI is InChI=1S/C14H25N3O3/c1-6-20-13(19)7-8-17(5)9-12(18)16-14(4,10-15)11(2)3/h11H,6-9H2,1-5H3,(H,16,18). The molecule has 0 saturated heterocycles. The van der Waals surface area contributed by atoms with E-state index in [1.165, 1.54) is 0 Å². The van der Waals surface area contributed by atoms with Crippen molar-refractivity contribution in [3.05, 3.63) is 0 Å². The van der Waals surface area contributed by atoms with E-state index >= 15 is 0 Å². The second-order valence-electron chi connectivity index (χ2n) is 5.31. The summed E-state index contributed by atoms with van der Waals surface area (Å²) in [7, 11) is 1.75. The molecule has 6 nitrogen and oxygen atoms in total. The minimum atomic E-state index is -0.876. The molecule has 0 aromatic carbocycles. The van der Waals surface area contributed by atoms with Gasteiger partial charge in [-0.15, -0.1) is 0 Å². The van der Waals surface area contributed by atoms with Gasteiger partial charge in [0.2, 0.25) is 5.91 Å². The van der Waals surface area contributed by atoms with E-state index in [9.17, 15) is 9.59 Å². The van der Waals surface area contributed by atoms with Crippen molar-refractivity contribution >= 4 is 11.9 Å². The minimum absolute atomic E-state index is 0.0151. The van der Waals surface area contributed by atoms with Crippen LogP contribution in [0.15, 0.2) is 0 Å². The zero-order valence-corrected chi connectivity index (χ0v) is 13.0. The van der Waals surface area contributed by atoms with Crippen LogP contribution in [0.4, 0.5) is 0 Å². The Morgan fingerprint density at radius 1 is 1.45 bits per heavy atom. The Kier molecular flexibility index (Phi) is 7.85. The highest BCUT2D eigenvalue weighted by molar-refractivity contribution is 5.79. The lowest BCUT2D eigenvalue weighted by molar-refractivity contribution is -0.143. The lowest BCUT2D eigenvalue weighted by Crippen LogP contribution is -2.51. The van der Waals surface area contributed by atoms with E-state index in [0.29, 0.717) is 13.2 Å². The fraction of sp³-hybridized carbons (Fsp3) is 0.786. The summed E-state index contributed by atoms with van der Waals surface area (Å²) >= 11 is 0. The highest BCUT2D eigenvalue weighted by Crippen LogP contribution is 2.14. The molecule has 0 bridgehead atoms. The van der Waals surface area contributed by atoms with E-state index in [0.717, 1.165) is 0 Å². The van der Waals surface area contributed by atoms with E-state index in [4.69, 9.17) is 10.00 Å².